The van der Waals surface area contributed by atoms with Crippen LogP contribution in [0.15, 0.2) is 34.2 Å². The van der Waals surface area contributed by atoms with Crippen LogP contribution in [0.5, 0.6) is 11.5 Å². The third-order valence-corrected chi connectivity index (χ3v) is 4.39. The second-order valence-corrected chi connectivity index (χ2v) is 6.04. The van der Waals surface area contributed by atoms with Gasteiger partial charge in [0.05, 0.1) is 0 Å². The molecule has 5 heteroatoms. The zero-order valence-electron chi connectivity index (χ0n) is 12.2. The lowest BCUT2D eigenvalue weighted by atomic mass is 10.1. The Morgan fingerprint density at radius 2 is 1.90 bits per heavy atom. The second kappa shape index (κ2) is 5.95. The van der Waals surface area contributed by atoms with Crippen LogP contribution in [0.2, 0.25) is 0 Å². The highest BCUT2D eigenvalue weighted by molar-refractivity contribution is 7.99. The molecule has 0 saturated carbocycles. The molecule has 1 aliphatic heterocycles. The van der Waals surface area contributed by atoms with Crippen molar-refractivity contribution in [1.82, 2.24) is 4.98 Å². The van der Waals surface area contributed by atoms with Crippen molar-refractivity contribution in [2.75, 3.05) is 13.2 Å². The Kier molecular flexibility index (Phi) is 4.03. The number of fused-ring (bicyclic) bond motifs is 1. The first-order chi connectivity index (χ1) is 10.2. The monoisotopic (exact) mass is 302 g/mol. The lowest BCUT2D eigenvalue weighted by Crippen LogP contribution is -2.15. The van der Waals surface area contributed by atoms with Crippen molar-refractivity contribution in [2.24, 2.45) is 5.73 Å². The van der Waals surface area contributed by atoms with E-state index in [1.807, 2.05) is 25.1 Å². The number of pyridine rings is 1. The van der Waals surface area contributed by atoms with Gasteiger partial charge in [-0.25, -0.2) is 4.98 Å². The summed E-state index contributed by atoms with van der Waals surface area (Å²) in [6.07, 6.45) is 0. The molecule has 1 aromatic heterocycles. The van der Waals surface area contributed by atoms with Gasteiger partial charge in [0.15, 0.2) is 11.5 Å². The summed E-state index contributed by atoms with van der Waals surface area (Å²) >= 11 is 1.61. The Morgan fingerprint density at radius 3 is 2.67 bits per heavy atom. The zero-order valence-corrected chi connectivity index (χ0v) is 13.0. The van der Waals surface area contributed by atoms with Crippen LogP contribution in [0.1, 0.15) is 16.8 Å². The van der Waals surface area contributed by atoms with Gasteiger partial charge in [-0.05, 0) is 43.7 Å². The van der Waals surface area contributed by atoms with Gasteiger partial charge < -0.3 is 15.2 Å². The molecule has 2 aromatic rings. The minimum atomic E-state index is 0.492. The molecule has 21 heavy (non-hydrogen) atoms. The minimum absolute atomic E-state index is 0.492. The first-order valence-electron chi connectivity index (χ1n) is 6.92. The standard InChI is InChI=1S/C16H18N2O2S/c1-10-7-11(2)18-16(13(10)9-17)21-12-3-4-14-15(8-12)20-6-5-19-14/h3-4,7-8H,5-6,9,17H2,1-2H3. The van der Waals surface area contributed by atoms with Crippen molar-refractivity contribution < 1.29 is 9.47 Å². The summed E-state index contributed by atoms with van der Waals surface area (Å²) < 4.78 is 11.2. The topological polar surface area (TPSA) is 57.4 Å². The molecular weight excluding hydrogens is 284 g/mol. The Morgan fingerprint density at radius 1 is 1.14 bits per heavy atom. The third-order valence-electron chi connectivity index (χ3n) is 3.37. The van der Waals surface area contributed by atoms with E-state index in [0.29, 0.717) is 19.8 Å². The number of benzene rings is 1. The van der Waals surface area contributed by atoms with Crippen molar-refractivity contribution in [1.29, 1.82) is 0 Å². The van der Waals surface area contributed by atoms with Gasteiger partial charge in [-0.15, -0.1) is 0 Å². The maximum Gasteiger partial charge on any atom is 0.162 e. The molecule has 0 saturated heterocycles. The van der Waals surface area contributed by atoms with Crippen LogP contribution in [0.25, 0.3) is 0 Å². The fourth-order valence-corrected chi connectivity index (χ4v) is 3.44. The smallest absolute Gasteiger partial charge is 0.162 e. The molecule has 0 aliphatic carbocycles. The summed E-state index contributed by atoms with van der Waals surface area (Å²) in [6.45, 7) is 5.77. The number of rotatable bonds is 3. The number of nitrogens with two attached hydrogens (primary N) is 1. The predicted molar refractivity (Wildman–Crippen MR) is 83.2 cm³/mol. The molecular formula is C16H18N2O2S. The average molecular weight is 302 g/mol. The highest BCUT2D eigenvalue weighted by atomic mass is 32.2. The quantitative estimate of drug-likeness (QED) is 0.944. The average Bonchev–Trinajstić information content (AvgIpc) is 2.47. The highest BCUT2D eigenvalue weighted by Gasteiger charge is 2.14. The summed E-state index contributed by atoms with van der Waals surface area (Å²) in [7, 11) is 0. The highest BCUT2D eigenvalue weighted by Crippen LogP contribution is 2.37. The van der Waals surface area contributed by atoms with E-state index in [4.69, 9.17) is 15.2 Å². The number of aromatic nitrogens is 1. The molecule has 2 heterocycles. The molecule has 0 spiro atoms. The Balaban J connectivity index is 1.93. The number of hydrogen-bond donors (Lipinski definition) is 1. The summed E-state index contributed by atoms with van der Waals surface area (Å²) in [5.74, 6) is 1.60. The van der Waals surface area contributed by atoms with Crippen LogP contribution in [0.3, 0.4) is 0 Å². The third kappa shape index (κ3) is 2.99. The summed E-state index contributed by atoms with van der Waals surface area (Å²) in [6, 6.07) is 8.04. The predicted octanol–water partition coefficient (Wildman–Crippen LogP) is 3.08. The number of hydrogen-bond acceptors (Lipinski definition) is 5. The van der Waals surface area contributed by atoms with E-state index in [1.165, 1.54) is 5.56 Å². The second-order valence-electron chi connectivity index (χ2n) is 4.98. The molecule has 110 valence electrons. The molecule has 4 nitrogen and oxygen atoms in total. The Bertz CT molecular complexity index is 674. The Hall–Kier alpha value is -1.72. The molecule has 1 aliphatic rings. The van der Waals surface area contributed by atoms with Crippen LogP contribution in [0.4, 0.5) is 0 Å². The zero-order chi connectivity index (χ0) is 14.8. The molecule has 0 atom stereocenters. The van der Waals surface area contributed by atoms with Crippen LogP contribution in [0, 0.1) is 13.8 Å². The first kappa shape index (κ1) is 14.2. The minimum Gasteiger partial charge on any atom is -0.486 e. The van der Waals surface area contributed by atoms with Crippen LogP contribution >= 0.6 is 11.8 Å². The van der Waals surface area contributed by atoms with Gasteiger partial charge in [-0.3, -0.25) is 0 Å². The maximum absolute atomic E-state index is 5.87. The van der Waals surface area contributed by atoms with E-state index in [2.05, 4.69) is 18.0 Å². The van der Waals surface area contributed by atoms with Gasteiger partial charge in [0.1, 0.15) is 18.2 Å². The van der Waals surface area contributed by atoms with E-state index in [-0.39, 0.29) is 0 Å². The van der Waals surface area contributed by atoms with E-state index in [0.717, 1.165) is 32.7 Å². The molecule has 0 bridgehead atoms. The van der Waals surface area contributed by atoms with Crippen LogP contribution < -0.4 is 15.2 Å². The molecule has 1 aromatic carbocycles. The lowest BCUT2D eigenvalue weighted by molar-refractivity contribution is 0.171. The van der Waals surface area contributed by atoms with Crippen LogP contribution in [-0.4, -0.2) is 18.2 Å². The van der Waals surface area contributed by atoms with Gasteiger partial charge in [0.25, 0.3) is 0 Å². The van der Waals surface area contributed by atoms with Crippen LogP contribution in [-0.2, 0) is 6.54 Å². The van der Waals surface area contributed by atoms with Crippen molar-refractivity contribution in [2.45, 2.75) is 30.3 Å². The SMILES string of the molecule is Cc1cc(C)c(CN)c(Sc2ccc3c(c2)OCCO3)n1. The summed E-state index contributed by atoms with van der Waals surface area (Å²) in [5.41, 5.74) is 9.16. The van der Waals surface area contributed by atoms with E-state index in [9.17, 15) is 0 Å². The van der Waals surface area contributed by atoms with E-state index >= 15 is 0 Å². The van der Waals surface area contributed by atoms with Gasteiger partial charge in [-0.1, -0.05) is 11.8 Å². The molecule has 0 unspecified atom stereocenters. The molecule has 0 radical (unpaired) electrons. The fourth-order valence-electron chi connectivity index (χ4n) is 2.36. The lowest BCUT2D eigenvalue weighted by Gasteiger charge is -2.19. The van der Waals surface area contributed by atoms with Gasteiger partial charge in [-0.2, -0.15) is 0 Å². The molecule has 2 N–H and O–H groups in total. The van der Waals surface area contributed by atoms with Crippen molar-refractivity contribution in [3.63, 3.8) is 0 Å². The largest absolute Gasteiger partial charge is 0.486 e. The van der Waals surface area contributed by atoms with Gasteiger partial charge >= 0.3 is 0 Å². The normalized spacial score (nSPS) is 13.3. The number of ether oxygens (including phenoxy) is 2. The Labute approximate surface area is 128 Å². The number of nitrogens with zero attached hydrogens (tertiary/aromatic N) is 1. The van der Waals surface area contributed by atoms with Gasteiger partial charge in [0, 0.05) is 22.7 Å². The van der Waals surface area contributed by atoms with Crippen molar-refractivity contribution >= 4 is 11.8 Å². The summed E-state index contributed by atoms with van der Waals surface area (Å²) in [5, 5.41) is 0.965. The first-order valence-corrected chi connectivity index (χ1v) is 7.73. The molecule has 3 rings (SSSR count). The molecule has 0 fully saturated rings. The maximum atomic E-state index is 5.87. The summed E-state index contributed by atoms with van der Waals surface area (Å²) in [4.78, 5) is 5.70. The number of aryl methyl sites for hydroxylation is 2. The fraction of sp³-hybridized carbons (Fsp3) is 0.312. The van der Waals surface area contributed by atoms with Gasteiger partial charge in [0.2, 0.25) is 0 Å². The van der Waals surface area contributed by atoms with Crippen molar-refractivity contribution in [3.05, 3.63) is 41.1 Å². The van der Waals surface area contributed by atoms with E-state index in [1.54, 1.807) is 11.8 Å². The van der Waals surface area contributed by atoms with E-state index < -0.39 is 0 Å². The molecule has 0 amide bonds. The van der Waals surface area contributed by atoms with Crippen molar-refractivity contribution in [3.8, 4) is 11.5 Å².